The summed E-state index contributed by atoms with van der Waals surface area (Å²) in [5.41, 5.74) is 0. The number of rotatable bonds is 10. The molecule has 0 bridgehead atoms. The fraction of sp³-hybridized carbons (Fsp3) is 0.909. The highest BCUT2D eigenvalue weighted by atomic mass is 32.2. The first-order chi connectivity index (χ1) is 8.83. The van der Waals surface area contributed by atoms with Gasteiger partial charge in [0.2, 0.25) is 0 Å². The lowest BCUT2D eigenvalue weighted by Crippen LogP contribution is -2.44. The summed E-state index contributed by atoms with van der Waals surface area (Å²) >= 11 is 0. The van der Waals surface area contributed by atoms with Gasteiger partial charge in [0, 0.05) is 26.7 Å². The van der Waals surface area contributed by atoms with Gasteiger partial charge in [0.15, 0.2) is 0 Å². The molecule has 8 heteroatoms. The lowest BCUT2D eigenvalue weighted by molar-refractivity contribution is -0.140. The zero-order valence-corrected chi connectivity index (χ0v) is 12.8. The molecule has 0 heterocycles. The van der Waals surface area contributed by atoms with Gasteiger partial charge in [0.25, 0.3) is 10.2 Å². The smallest absolute Gasteiger partial charge is 0.306 e. The summed E-state index contributed by atoms with van der Waals surface area (Å²) in [6.07, 6.45) is 0.0167. The van der Waals surface area contributed by atoms with E-state index in [1.165, 1.54) is 18.5 Å². The van der Waals surface area contributed by atoms with Gasteiger partial charge in [-0.25, -0.2) is 4.72 Å². The molecule has 0 spiro atoms. The van der Waals surface area contributed by atoms with Crippen molar-refractivity contribution in [3.8, 4) is 0 Å². The average Bonchev–Trinajstić information content (AvgIpc) is 2.35. The first-order valence-corrected chi connectivity index (χ1v) is 7.58. The molecule has 0 aromatic carbocycles. The van der Waals surface area contributed by atoms with Crippen LogP contribution in [0.4, 0.5) is 0 Å². The van der Waals surface area contributed by atoms with Crippen molar-refractivity contribution in [2.75, 3.05) is 40.5 Å². The summed E-state index contributed by atoms with van der Waals surface area (Å²) in [6.45, 7) is 4.71. The highest BCUT2D eigenvalue weighted by molar-refractivity contribution is 7.87. The Morgan fingerprint density at radius 2 is 1.89 bits per heavy atom. The van der Waals surface area contributed by atoms with E-state index >= 15 is 0 Å². The number of nitrogens with one attached hydrogen (secondary N) is 1. The summed E-state index contributed by atoms with van der Waals surface area (Å²) in [6, 6.07) is 0. The van der Waals surface area contributed by atoms with E-state index in [-0.39, 0.29) is 32.0 Å². The van der Waals surface area contributed by atoms with Crippen LogP contribution in [0, 0.1) is 5.92 Å². The van der Waals surface area contributed by atoms with Crippen LogP contribution >= 0.6 is 0 Å². The Kier molecular flexibility index (Phi) is 8.90. The van der Waals surface area contributed by atoms with Crippen molar-refractivity contribution >= 4 is 16.2 Å². The normalized spacial score (nSPS) is 12.1. The Labute approximate surface area is 115 Å². The number of esters is 1. The number of hydrogen-bond acceptors (Lipinski definition) is 5. The summed E-state index contributed by atoms with van der Waals surface area (Å²) in [5.74, 6) is -0.235. The van der Waals surface area contributed by atoms with E-state index in [2.05, 4.69) is 9.46 Å². The zero-order chi connectivity index (χ0) is 14.9. The van der Waals surface area contributed by atoms with Gasteiger partial charge in [0.05, 0.1) is 20.1 Å². The third-order valence-corrected chi connectivity index (χ3v) is 3.93. The van der Waals surface area contributed by atoms with Crippen LogP contribution in [0.15, 0.2) is 0 Å². The van der Waals surface area contributed by atoms with E-state index in [1.54, 1.807) is 0 Å². The second-order valence-corrected chi connectivity index (χ2v) is 6.22. The van der Waals surface area contributed by atoms with Crippen LogP contribution in [-0.2, 0) is 24.5 Å². The van der Waals surface area contributed by atoms with Gasteiger partial charge < -0.3 is 9.47 Å². The minimum atomic E-state index is -3.60. The van der Waals surface area contributed by atoms with Gasteiger partial charge in [-0.3, -0.25) is 4.79 Å². The molecule has 0 radical (unpaired) electrons. The summed E-state index contributed by atoms with van der Waals surface area (Å²) in [7, 11) is -0.834. The predicted molar refractivity (Wildman–Crippen MR) is 71.8 cm³/mol. The molecule has 114 valence electrons. The molecular formula is C11H24N2O5S. The maximum absolute atomic E-state index is 12.0. The maximum atomic E-state index is 12.0. The van der Waals surface area contributed by atoms with E-state index < -0.39 is 16.2 Å². The predicted octanol–water partition coefficient (Wildman–Crippen LogP) is -0.0117. The molecule has 0 unspecified atom stereocenters. The number of nitrogens with zero attached hydrogens (tertiary/aromatic N) is 1. The van der Waals surface area contributed by atoms with Crippen LogP contribution in [0.3, 0.4) is 0 Å². The number of ether oxygens (including phenoxy) is 2. The van der Waals surface area contributed by atoms with E-state index in [4.69, 9.17) is 4.74 Å². The summed E-state index contributed by atoms with van der Waals surface area (Å²) in [4.78, 5) is 11.1. The second-order valence-electron chi connectivity index (χ2n) is 4.47. The van der Waals surface area contributed by atoms with Gasteiger partial charge in [0.1, 0.15) is 0 Å². The molecular weight excluding hydrogens is 272 g/mol. The molecule has 0 amide bonds. The molecule has 0 aromatic rings. The monoisotopic (exact) mass is 296 g/mol. The molecule has 7 nitrogen and oxygen atoms in total. The molecule has 0 aliphatic carbocycles. The Morgan fingerprint density at radius 3 is 2.37 bits per heavy atom. The minimum absolute atomic E-state index is 0.0167. The van der Waals surface area contributed by atoms with Gasteiger partial charge in [-0.1, -0.05) is 13.8 Å². The lowest BCUT2D eigenvalue weighted by Gasteiger charge is -2.22. The highest BCUT2D eigenvalue weighted by Crippen LogP contribution is 2.02. The van der Waals surface area contributed by atoms with Crippen molar-refractivity contribution in [3.63, 3.8) is 0 Å². The fourth-order valence-corrected chi connectivity index (χ4v) is 2.60. The molecule has 0 atom stereocenters. The molecule has 0 aliphatic rings. The molecule has 19 heavy (non-hydrogen) atoms. The number of methoxy groups -OCH3 is 2. The molecule has 0 aromatic heterocycles. The van der Waals surface area contributed by atoms with Crippen molar-refractivity contribution in [2.45, 2.75) is 20.3 Å². The van der Waals surface area contributed by atoms with Gasteiger partial charge >= 0.3 is 5.97 Å². The Balaban J connectivity index is 4.57. The van der Waals surface area contributed by atoms with E-state index in [1.807, 2.05) is 13.8 Å². The van der Waals surface area contributed by atoms with Gasteiger partial charge in [-0.2, -0.15) is 12.7 Å². The van der Waals surface area contributed by atoms with Crippen molar-refractivity contribution < 1.29 is 22.7 Å². The van der Waals surface area contributed by atoms with Crippen molar-refractivity contribution in [3.05, 3.63) is 0 Å². The summed E-state index contributed by atoms with van der Waals surface area (Å²) < 4.78 is 37.2. The van der Waals surface area contributed by atoms with Crippen molar-refractivity contribution in [1.82, 2.24) is 9.03 Å². The van der Waals surface area contributed by atoms with Crippen LogP contribution in [0.1, 0.15) is 20.3 Å². The highest BCUT2D eigenvalue weighted by Gasteiger charge is 2.22. The molecule has 0 aliphatic heterocycles. The third kappa shape index (κ3) is 8.14. The molecule has 0 saturated carbocycles. The van der Waals surface area contributed by atoms with Crippen LogP contribution in [0.25, 0.3) is 0 Å². The average molecular weight is 296 g/mol. The molecule has 0 fully saturated rings. The first-order valence-electron chi connectivity index (χ1n) is 6.14. The maximum Gasteiger partial charge on any atom is 0.306 e. The SMILES string of the molecule is COCCN(CCC(=O)OC)S(=O)(=O)NCC(C)C. The number of hydrogen-bond donors (Lipinski definition) is 1. The first kappa shape index (κ1) is 18.3. The van der Waals surface area contributed by atoms with Crippen molar-refractivity contribution in [2.24, 2.45) is 5.92 Å². The molecule has 1 N–H and O–H groups in total. The van der Waals surface area contributed by atoms with Crippen LogP contribution < -0.4 is 4.72 Å². The van der Waals surface area contributed by atoms with E-state index in [0.717, 1.165) is 0 Å². The van der Waals surface area contributed by atoms with Crippen molar-refractivity contribution in [1.29, 1.82) is 0 Å². The van der Waals surface area contributed by atoms with E-state index in [9.17, 15) is 13.2 Å². The van der Waals surface area contributed by atoms with Gasteiger partial charge in [-0.15, -0.1) is 0 Å². The number of carbonyl (C=O) groups excluding carboxylic acids is 1. The second kappa shape index (κ2) is 9.24. The molecule has 0 saturated heterocycles. The summed E-state index contributed by atoms with van der Waals surface area (Å²) in [5, 5.41) is 0. The standard InChI is InChI=1S/C11H24N2O5S/c1-10(2)9-12-19(15,16)13(7-8-17-3)6-5-11(14)18-4/h10,12H,5-9H2,1-4H3. The van der Waals surface area contributed by atoms with Crippen LogP contribution in [0.2, 0.25) is 0 Å². The Bertz CT molecular complexity index is 356. The largest absolute Gasteiger partial charge is 0.469 e. The number of carbonyl (C=O) groups is 1. The Hall–Kier alpha value is -0.700. The van der Waals surface area contributed by atoms with Crippen LogP contribution in [-0.4, -0.2) is 59.2 Å². The fourth-order valence-electron chi connectivity index (χ4n) is 1.23. The van der Waals surface area contributed by atoms with E-state index in [0.29, 0.717) is 6.54 Å². The third-order valence-electron chi connectivity index (χ3n) is 2.35. The Morgan fingerprint density at radius 1 is 1.26 bits per heavy atom. The minimum Gasteiger partial charge on any atom is -0.469 e. The van der Waals surface area contributed by atoms with Gasteiger partial charge in [-0.05, 0) is 5.92 Å². The zero-order valence-electron chi connectivity index (χ0n) is 12.0. The lowest BCUT2D eigenvalue weighted by atomic mass is 10.2. The molecule has 0 rings (SSSR count). The topological polar surface area (TPSA) is 84.9 Å². The van der Waals surface area contributed by atoms with Crippen LogP contribution in [0.5, 0.6) is 0 Å². The quantitative estimate of drug-likeness (QED) is 0.573.